The van der Waals surface area contributed by atoms with Gasteiger partial charge in [0, 0.05) is 13.1 Å². The molecule has 0 aromatic carbocycles. The van der Waals surface area contributed by atoms with Crippen molar-refractivity contribution in [3.8, 4) is 0 Å². The van der Waals surface area contributed by atoms with Crippen LogP contribution in [-0.2, 0) is 4.79 Å². The number of hydrogen-bond acceptors (Lipinski definition) is 3. The van der Waals surface area contributed by atoms with Gasteiger partial charge in [-0.1, -0.05) is 26.7 Å². The smallest absolute Gasteiger partial charge is 0.240 e. The molecule has 3 unspecified atom stereocenters. The summed E-state index contributed by atoms with van der Waals surface area (Å²) < 4.78 is 0. The molecule has 1 saturated heterocycles. The second-order valence-electron chi connectivity index (χ2n) is 6.62. The van der Waals surface area contributed by atoms with Crippen LogP contribution in [0, 0.1) is 11.8 Å². The fourth-order valence-electron chi connectivity index (χ4n) is 3.58. The Labute approximate surface area is 117 Å². The number of nitrogens with one attached hydrogen (secondary N) is 1. The highest BCUT2D eigenvalue weighted by Gasteiger charge is 2.38. The number of amides is 1. The Bertz CT molecular complexity index is 321. The molecule has 1 saturated carbocycles. The summed E-state index contributed by atoms with van der Waals surface area (Å²) in [6.45, 7) is 8.58. The maximum Gasteiger partial charge on any atom is 0.240 e. The lowest BCUT2D eigenvalue weighted by Crippen LogP contribution is -2.56. The van der Waals surface area contributed by atoms with E-state index in [0.29, 0.717) is 11.8 Å². The highest BCUT2D eigenvalue weighted by atomic mass is 16.2. The fraction of sp³-hybridized carbons (Fsp3) is 0.933. The summed E-state index contributed by atoms with van der Waals surface area (Å²) in [4.78, 5) is 14.8. The first-order valence-electron chi connectivity index (χ1n) is 7.83. The van der Waals surface area contributed by atoms with Crippen LogP contribution in [0.4, 0.5) is 0 Å². The third-order valence-corrected chi connectivity index (χ3v) is 4.85. The van der Waals surface area contributed by atoms with Crippen molar-refractivity contribution >= 4 is 5.91 Å². The lowest BCUT2D eigenvalue weighted by Gasteiger charge is -2.35. The summed E-state index contributed by atoms with van der Waals surface area (Å²) >= 11 is 0. The van der Waals surface area contributed by atoms with E-state index in [9.17, 15) is 4.79 Å². The maximum atomic E-state index is 12.3. The van der Waals surface area contributed by atoms with Crippen molar-refractivity contribution in [1.82, 2.24) is 10.2 Å². The summed E-state index contributed by atoms with van der Waals surface area (Å²) in [5.74, 6) is 1.26. The van der Waals surface area contributed by atoms with E-state index in [1.807, 2.05) is 0 Å². The summed E-state index contributed by atoms with van der Waals surface area (Å²) in [6.07, 6.45) is 5.17. The summed E-state index contributed by atoms with van der Waals surface area (Å²) in [5, 5.41) is 3.11. The quantitative estimate of drug-likeness (QED) is 0.808. The molecule has 0 spiro atoms. The first kappa shape index (κ1) is 14.8. The van der Waals surface area contributed by atoms with Crippen LogP contribution in [0.15, 0.2) is 0 Å². The molecule has 0 aromatic heterocycles. The molecule has 110 valence electrons. The zero-order valence-corrected chi connectivity index (χ0v) is 12.5. The van der Waals surface area contributed by atoms with Crippen LogP contribution < -0.4 is 11.1 Å². The minimum atomic E-state index is -0.610. The van der Waals surface area contributed by atoms with Crippen molar-refractivity contribution in [3.63, 3.8) is 0 Å². The molecule has 1 aliphatic heterocycles. The number of rotatable bonds is 4. The summed E-state index contributed by atoms with van der Waals surface area (Å²) in [7, 11) is 0. The normalized spacial score (nSPS) is 36.4. The van der Waals surface area contributed by atoms with Crippen LogP contribution in [0.5, 0.6) is 0 Å². The van der Waals surface area contributed by atoms with Crippen LogP contribution in [0.25, 0.3) is 0 Å². The van der Waals surface area contributed by atoms with E-state index in [2.05, 4.69) is 24.1 Å². The van der Waals surface area contributed by atoms with Gasteiger partial charge in [0.2, 0.25) is 5.91 Å². The van der Waals surface area contributed by atoms with Gasteiger partial charge in [-0.3, -0.25) is 4.79 Å². The van der Waals surface area contributed by atoms with Crippen LogP contribution in [0.3, 0.4) is 0 Å². The van der Waals surface area contributed by atoms with Crippen molar-refractivity contribution in [3.05, 3.63) is 0 Å². The average molecular weight is 267 g/mol. The zero-order chi connectivity index (χ0) is 13.9. The number of carbonyl (C=O) groups is 1. The maximum absolute atomic E-state index is 12.3. The topological polar surface area (TPSA) is 58.4 Å². The van der Waals surface area contributed by atoms with Gasteiger partial charge in [-0.25, -0.2) is 0 Å². The molecule has 4 nitrogen and oxygen atoms in total. The number of carbonyl (C=O) groups excluding carboxylic acids is 1. The zero-order valence-electron chi connectivity index (χ0n) is 12.5. The standard InChI is InChI=1S/C15H29N3O/c1-3-18-8-6-13(11-18)10-17-14(19)15(16)7-4-5-12(2)9-15/h12-13H,3-11,16H2,1-2H3,(H,17,19). The lowest BCUT2D eigenvalue weighted by molar-refractivity contribution is -0.128. The van der Waals surface area contributed by atoms with Gasteiger partial charge in [0.15, 0.2) is 0 Å². The SMILES string of the molecule is CCN1CCC(CNC(=O)C2(N)CCCC(C)C2)C1. The van der Waals surface area contributed by atoms with Crippen LogP contribution >= 0.6 is 0 Å². The largest absolute Gasteiger partial charge is 0.354 e. The molecule has 19 heavy (non-hydrogen) atoms. The molecule has 2 fully saturated rings. The van der Waals surface area contributed by atoms with E-state index in [1.54, 1.807) is 0 Å². The fourth-order valence-corrected chi connectivity index (χ4v) is 3.58. The van der Waals surface area contributed by atoms with E-state index in [1.165, 1.54) is 19.4 Å². The number of likely N-dealkylation sites (tertiary alicyclic amines) is 1. The van der Waals surface area contributed by atoms with Gasteiger partial charge < -0.3 is 16.0 Å². The Kier molecular flexibility index (Phi) is 4.85. The molecule has 0 aromatic rings. The van der Waals surface area contributed by atoms with Crippen molar-refractivity contribution in [2.75, 3.05) is 26.2 Å². The van der Waals surface area contributed by atoms with E-state index < -0.39 is 5.54 Å². The van der Waals surface area contributed by atoms with Crippen molar-refractivity contribution in [2.45, 2.75) is 51.5 Å². The second kappa shape index (κ2) is 6.23. The van der Waals surface area contributed by atoms with E-state index in [4.69, 9.17) is 5.73 Å². The number of nitrogens with two attached hydrogens (primary N) is 1. The van der Waals surface area contributed by atoms with Gasteiger partial charge in [0.05, 0.1) is 5.54 Å². The first-order chi connectivity index (χ1) is 9.03. The molecule has 1 aliphatic carbocycles. The molecule has 2 rings (SSSR count). The molecule has 1 amide bonds. The van der Waals surface area contributed by atoms with Gasteiger partial charge in [-0.15, -0.1) is 0 Å². The molecule has 3 atom stereocenters. The Hall–Kier alpha value is -0.610. The summed E-state index contributed by atoms with van der Waals surface area (Å²) in [5.41, 5.74) is 5.70. The highest BCUT2D eigenvalue weighted by Crippen LogP contribution is 2.30. The van der Waals surface area contributed by atoms with Gasteiger partial charge in [0.25, 0.3) is 0 Å². The molecular formula is C15H29N3O. The van der Waals surface area contributed by atoms with Crippen molar-refractivity contribution < 1.29 is 4.79 Å². The molecule has 1 heterocycles. The van der Waals surface area contributed by atoms with Gasteiger partial charge in [-0.05, 0) is 44.2 Å². The van der Waals surface area contributed by atoms with E-state index in [0.717, 1.165) is 38.9 Å². The Balaban J connectivity index is 1.78. The van der Waals surface area contributed by atoms with Gasteiger partial charge >= 0.3 is 0 Å². The van der Waals surface area contributed by atoms with Gasteiger partial charge in [0.1, 0.15) is 0 Å². The van der Waals surface area contributed by atoms with Crippen LogP contribution in [0.1, 0.15) is 46.0 Å². The molecule has 3 N–H and O–H groups in total. The first-order valence-corrected chi connectivity index (χ1v) is 7.83. The molecule has 2 aliphatic rings. The van der Waals surface area contributed by atoms with Crippen LogP contribution in [0.2, 0.25) is 0 Å². The average Bonchev–Trinajstić information content (AvgIpc) is 2.83. The number of hydrogen-bond donors (Lipinski definition) is 2. The molecular weight excluding hydrogens is 238 g/mol. The number of nitrogens with zero attached hydrogens (tertiary/aromatic N) is 1. The minimum Gasteiger partial charge on any atom is -0.354 e. The summed E-state index contributed by atoms with van der Waals surface area (Å²) in [6, 6.07) is 0. The Morgan fingerprint density at radius 1 is 1.47 bits per heavy atom. The second-order valence-corrected chi connectivity index (χ2v) is 6.62. The highest BCUT2D eigenvalue weighted by molar-refractivity contribution is 5.86. The van der Waals surface area contributed by atoms with Gasteiger partial charge in [-0.2, -0.15) is 0 Å². The lowest BCUT2D eigenvalue weighted by atomic mass is 9.76. The Morgan fingerprint density at radius 2 is 2.26 bits per heavy atom. The Morgan fingerprint density at radius 3 is 2.89 bits per heavy atom. The predicted octanol–water partition coefficient (Wildman–Crippen LogP) is 1.35. The van der Waals surface area contributed by atoms with Crippen LogP contribution in [-0.4, -0.2) is 42.5 Å². The minimum absolute atomic E-state index is 0.0778. The predicted molar refractivity (Wildman–Crippen MR) is 77.8 cm³/mol. The molecule has 0 bridgehead atoms. The van der Waals surface area contributed by atoms with Crippen molar-refractivity contribution in [2.24, 2.45) is 17.6 Å². The third kappa shape index (κ3) is 3.69. The molecule has 4 heteroatoms. The van der Waals surface area contributed by atoms with E-state index >= 15 is 0 Å². The molecule has 0 radical (unpaired) electrons. The monoisotopic (exact) mass is 267 g/mol. The van der Waals surface area contributed by atoms with E-state index in [-0.39, 0.29) is 5.91 Å². The van der Waals surface area contributed by atoms with Crippen molar-refractivity contribution in [1.29, 1.82) is 0 Å². The third-order valence-electron chi connectivity index (χ3n) is 4.85.